The number of likely N-dealkylation sites (N-methyl/N-ethyl adjacent to an activating group) is 1. The van der Waals surface area contributed by atoms with Crippen molar-refractivity contribution in [2.24, 2.45) is 0 Å². The fourth-order valence-corrected chi connectivity index (χ4v) is 2.55. The molecule has 0 saturated carbocycles. The highest BCUT2D eigenvalue weighted by molar-refractivity contribution is 7.89. The molecule has 0 unspecified atom stereocenters. The highest BCUT2D eigenvalue weighted by atomic mass is 32.2. The second-order valence-corrected chi connectivity index (χ2v) is 5.94. The number of rotatable bonds is 6. The average molecular weight is 301 g/mol. The Morgan fingerprint density at radius 2 is 1.80 bits per heavy atom. The molecule has 0 atom stereocenters. The fraction of sp³-hybridized carbons (Fsp3) is 0.333. The molecule has 0 aromatic heterocycles. The highest BCUT2D eigenvalue weighted by Crippen LogP contribution is 2.15. The van der Waals surface area contributed by atoms with Gasteiger partial charge in [-0.25, -0.2) is 13.2 Å². The first-order valence-electron chi connectivity index (χ1n) is 5.74. The number of benzene rings is 1. The van der Waals surface area contributed by atoms with Gasteiger partial charge in [-0.05, 0) is 31.2 Å². The van der Waals surface area contributed by atoms with Crippen molar-refractivity contribution in [3.05, 3.63) is 29.8 Å². The van der Waals surface area contributed by atoms with Crippen molar-refractivity contribution in [3.63, 3.8) is 0 Å². The Bertz CT molecular complexity index is 593. The lowest BCUT2D eigenvalue weighted by molar-refractivity contribution is -0.137. The van der Waals surface area contributed by atoms with Crippen LogP contribution in [0.4, 0.5) is 0 Å². The summed E-state index contributed by atoms with van der Waals surface area (Å²) in [6.07, 6.45) is 0. The first kappa shape index (κ1) is 16.1. The average Bonchev–Trinajstić information content (AvgIpc) is 2.38. The number of nitrogens with zero attached hydrogens (tertiary/aromatic N) is 1. The van der Waals surface area contributed by atoms with Gasteiger partial charge in [0.1, 0.15) is 6.54 Å². The van der Waals surface area contributed by atoms with Crippen molar-refractivity contribution < 1.29 is 27.9 Å². The first-order chi connectivity index (χ1) is 9.28. The monoisotopic (exact) mass is 301 g/mol. The Hall–Kier alpha value is -1.93. The van der Waals surface area contributed by atoms with E-state index in [-0.39, 0.29) is 17.1 Å². The van der Waals surface area contributed by atoms with E-state index in [9.17, 15) is 18.0 Å². The Morgan fingerprint density at radius 3 is 2.25 bits per heavy atom. The standard InChI is InChI=1S/C12H15NO6S/c1-3-19-12(16)9-4-6-10(7-5-9)20(17,18)13(2)8-11(14)15/h4-7H,3,8H2,1-2H3,(H,14,15). The van der Waals surface area contributed by atoms with Crippen LogP contribution in [0.15, 0.2) is 29.2 Å². The lowest BCUT2D eigenvalue weighted by atomic mass is 10.2. The number of carbonyl (C=O) groups excluding carboxylic acids is 1. The molecule has 1 N–H and O–H groups in total. The Balaban J connectivity index is 2.98. The lowest BCUT2D eigenvalue weighted by Gasteiger charge is -2.14. The summed E-state index contributed by atoms with van der Waals surface area (Å²) in [5, 5.41) is 8.60. The van der Waals surface area contributed by atoms with Crippen molar-refractivity contribution in [2.45, 2.75) is 11.8 Å². The summed E-state index contributed by atoms with van der Waals surface area (Å²) in [4.78, 5) is 21.9. The normalized spacial score (nSPS) is 11.3. The molecule has 110 valence electrons. The zero-order chi connectivity index (χ0) is 15.3. The van der Waals surface area contributed by atoms with Crippen molar-refractivity contribution >= 4 is 22.0 Å². The van der Waals surface area contributed by atoms with E-state index < -0.39 is 28.5 Å². The van der Waals surface area contributed by atoms with Crippen LogP contribution in [0.1, 0.15) is 17.3 Å². The van der Waals surface area contributed by atoms with Crippen molar-refractivity contribution in [2.75, 3.05) is 20.2 Å². The maximum atomic E-state index is 12.0. The van der Waals surface area contributed by atoms with Crippen LogP contribution in [-0.2, 0) is 19.6 Å². The summed E-state index contributed by atoms with van der Waals surface area (Å²) < 4.78 is 29.5. The van der Waals surface area contributed by atoms with Crippen LogP contribution in [0, 0.1) is 0 Å². The molecule has 0 bridgehead atoms. The number of hydrogen-bond acceptors (Lipinski definition) is 5. The van der Waals surface area contributed by atoms with Crippen molar-refractivity contribution in [3.8, 4) is 0 Å². The molecular formula is C12H15NO6S. The molecule has 0 saturated heterocycles. The first-order valence-corrected chi connectivity index (χ1v) is 7.18. The smallest absolute Gasteiger partial charge is 0.338 e. The van der Waals surface area contributed by atoms with Crippen LogP contribution >= 0.6 is 0 Å². The van der Waals surface area contributed by atoms with E-state index in [1.807, 2.05) is 0 Å². The molecule has 1 aromatic rings. The quantitative estimate of drug-likeness (QED) is 0.771. The van der Waals surface area contributed by atoms with Crippen LogP contribution in [-0.4, -0.2) is 50.0 Å². The molecular weight excluding hydrogens is 286 g/mol. The SMILES string of the molecule is CCOC(=O)c1ccc(S(=O)(=O)N(C)CC(=O)O)cc1. The van der Waals surface area contributed by atoms with E-state index in [1.165, 1.54) is 31.3 Å². The van der Waals surface area contributed by atoms with Gasteiger partial charge in [-0.2, -0.15) is 4.31 Å². The summed E-state index contributed by atoms with van der Waals surface area (Å²) in [5.74, 6) is -1.80. The summed E-state index contributed by atoms with van der Waals surface area (Å²) in [5.41, 5.74) is 0.228. The van der Waals surface area contributed by atoms with E-state index in [4.69, 9.17) is 9.84 Å². The molecule has 7 nitrogen and oxygen atoms in total. The van der Waals surface area contributed by atoms with E-state index in [0.717, 1.165) is 0 Å². The molecule has 20 heavy (non-hydrogen) atoms. The summed E-state index contributed by atoms with van der Waals surface area (Å²) in [6, 6.07) is 5.11. The zero-order valence-corrected chi connectivity index (χ0v) is 11.9. The van der Waals surface area contributed by atoms with Gasteiger partial charge in [0.25, 0.3) is 0 Å². The van der Waals surface area contributed by atoms with Gasteiger partial charge >= 0.3 is 11.9 Å². The minimum absolute atomic E-state index is 0.0886. The largest absolute Gasteiger partial charge is 0.480 e. The Morgan fingerprint density at radius 1 is 1.25 bits per heavy atom. The summed E-state index contributed by atoms with van der Waals surface area (Å²) in [7, 11) is -2.72. The molecule has 0 fully saturated rings. The molecule has 0 aliphatic carbocycles. The maximum absolute atomic E-state index is 12.0. The van der Waals surface area contributed by atoms with Crippen LogP contribution in [0.25, 0.3) is 0 Å². The number of ether oxygens (including phenoxy) is 1. The van der Waals surface area contributed by atoms with Gasteiger partial charge in [-0.15, -0.1) is 0 Å². The number of carboxylic acid groups (broad SMARTS) is 1. The molecule has 0 radical (unpaired) electrons. The third kappa shape index (κ3) is 3.78. The maximum Gasteiger partial charge on any atom is 0.338 e. The van der Waals surface area contributed by atoms with E-state index >= 15 is 0 Å². The van der Waals surface area contributed by atoms with E-state index in [1.54, 1.807) is 6.92 Å². The van der Waals surface area contributed by atoms with Crippen LogP contribution in [0.5, 0.6) is 0 Å². The van der Waals surface area contributed by atoms with Crippen LogP contribution in [0.3, 0.4) is 0 Å². The molecule has 8 heteroatoms. The zero-order valence-electron chi connectivity index (χ0n) is 11.1. The van der Waals surface area contributed by atoms with Gasteiger partial charge in [0.2, 0.25) is 10.0 Å². The number of aliphatic carboxylic acids is 1. The van der Waals surface area contributed by atoms with E-state index in [2.05, 4.69) is 0 Å². The fourth-order valence-electron chi connectivity index (χ4n) is 1.43. The molecule has 0 aliphatic rings. The number of esters is 1. The minimum Gasteiger partial charge on any atom is -0.480 e. The molecule has 1 aromatic carbocycles. The number of carboxylic acids is 1. The molecule has 0 spiro atoms. The topological polar surface area (TPSA) is 101 Å². The van der Waals surface area contributed by atoms with Crippen LogP contribution < -0.4 is 0 Å². The van der Waals surface area contributed by atoms with Gasteiger partial charge in [-0.1, -0.05) is 0 Å². The molecule has 1 rings (SSSR count). The van der Waals surface area contributed by atoms with Gasteiger partial charge < -0.3 is 9.84 Å². The Kier molecular flexibility index (Phi) is 5.23. The van der Waals surface area contributed by atoms with Gasteiger partial charge in [-0.3, -0.25) is 4.79 Å². The predicted molar refractivity (Wildman–Crippen MR) is 69.9 cm³/mol. The summed E-state index contributed by atoms with van der Waals surface area (Å²) >= 11 is 0. The second kappa shape index (κ2) is 6.49. The van der Waals surface area contributed by atoms with Gasteiger partial charge in [0.05, 0.1) is 17.1 Å². The van der Waals surface area contributed by atoms with Gasteiger partial charge in [0.15, 0.2) is 0 Å². The number of sulfonamides is 1. The van der Waals surface area contributed by atoms with Crippen molar-refractivity contribution in [1.82, 2.24) is 4.31 Å². The van der Waals surface area contributed by atoms with Crippen LogP contribution in [0.2, 0.25) is 0 Å². The minimum atomic E-state index is -3.89. The number of carbonyl (C=O) groups is 2. The van der Waals surface area contributed by atoms with Crippen molar-refractivity contribution in [1.29, 1.82) is 0 Å². The predicted octanol–water partition coefficient (Wildman–Crippen LogP) is 0.568. The molecule has 0 aliphatic heterocycles. The van der Waals surface area contributed by atoms with Gasteiger partial charge in [0, 0.05) is 7.05 Å². The molecule has 0 amide bonds. The molecule has 0 heterocycles. The van der Waals surface area contributed by atoms with E-state index in [0.29, 0.717) is 4.31 Å². The third-order valence-corrected chi connectivity index (χ3v) is 4.25. The number of hydrogen-bond donors (Lipinski definition) is 1. The highest BCUT2D eigenvalue weighted by Gasteiger charge is 2.23. The second-order valence-electron chi connectivity index (χ2n) is 3.90. The Labute approximate surface area is 116 Å². The summed E-state index contributed by atoms with van der Waals surface area (Å²) in [6.45, 7) is 1.25. The lowest BCUT2D eigenvalue weighted by Crippen LogP contribution is -2.32. The third-order valence-electron chi connectivity index (χ3n) is 2.43.